The third kappa shape index (κ3) is 6.13. The Bertz CT molecular complexity index is 292. The summed E-state index contributed by atoms with van der Waals surface area (Å²) in [7, 11) is -2.70. The number of hydrogen-bond donors (Lipinski definition) is 0. The molecule has 4 nitrogen and oxygen atoms in total. The van der Waals surface area contributed by atoms with E-state index in [0.29, 0.717) is 13.2 Å². The molecule has 0 aliphatic carbocycles. The second-order valence-electron chi connectivity index (χ2n) is 8.06. The summed E-state index contributed by atoms with van der Waals surface area (Å²) in [6, 6.07) is 0. The number of hydrogen-bond acceptors (Lipinski definition) is 4. The zero-order valence-electron chi connectivity index (χ0n) is 17.5. The zero-order valence-corrected chi connectivity index (χ0v) is 18.5. The third-order valence-electron chi connectivity index (χ3n) is 3.86. The van der Waals surface area contributed by atoms with Crippen molar-refractivity contribution in [1.29, 1.82) is 0 Å². The normalized spacial score (nSPS) is 14.1. The first-order chi connectivity index (χ1) is 10.5. The Hall–Kier alpha value is 0.0569. The van der Waals surface area contributed by atoms with Crippen LogP contribution in [0.2, 0.25) is 0 Å². The van der Waals surface area contributed by atoms with Crippen LogP contribution in [0.25, 0.3) is 0 Å². The van der Waals surface area contributed by atoms with Gasteiger partial charge in [-0.2, -0.15) is 0 Å². The van der Waals surface area contributed by atoms with E-state index in [1.54, 1.807) is 0 Å². The molecular formula is C18H42N2O2Si. The van der Waals surface area contributed by atoms with Crippen LogP contribution in [0.3, 0.4) is 0 Å². The van der Waals surface area contributed by atoms with Gasteiger partial charge in [-0.05, 0) is 81.3 Å². The highest BCUT2D eigenvalue weighted by atomic mass is 28.4. The van der Waals surface area contributed by atoms with Crippen molar-refractivity contribution in [2.24, 2.45) is 0 Å². The van der Waals surface area contributed by atoms with E-state index in [4.69, 9.17) is 8.85 Å². The van der Waals surface area contributed by atoms with Gasteiger partial charge in [-0.1, -0.05) is 13.8 Å². The zero-order chi connectivity index (χ0) is 18.3. The maximum atomic E-state index is 6.52. The van der Waals surface area contributed by atoms with Crippen LogP contribution in [0.4, 0.5) is 0 Å². The summed E-state index contributed by atoms with van der Waals surface area (Å²) >= 11 is 0. The van der Waals surface area contributed by atoms with Gasteiger partial charge in [-0.25, -0.2) is 0 Å². The molecule has 0 unspecified atom stereocenters. The van der Waals surface area contributed by atoms with Gasteiger partial charge in [-0.3, -0.25) is 9.13 Å². The van der Waals surface area contributed by atoms with Gasteiger partial charge in [0, 0.05) is 24.3 Å². The average molecular weight is 347 g/mol. The van der Waals surface area contributed by atoms with E-state index in [9.17, 15) is 0 Å². The maximum absolute atomic E-state index is 6.52. The lowest BCUT2D eigenvalue weighted by Crippen LogP contribution is -2.77. The van der Waals surface area contributed by atoms with Crippen LogP contribution in [-0.4, -0.2) is 55.4 Å². The van der Waals surface area contributed by atoms with Crippen LogP contribution in [0.1, 0.15) is 82.1 Å². The molecule has 0 rings (SSSR count). The standard InChI is InChI=1S/C18H42N2O2Si/c1-11-15-19(17(5,6)7)23(21-13-3,22-14-4)20(16-12-2)18(8,9)10/h11-16H2,1-10H3. The molecule has 0 aromatic rings. The van der Waals surface area contributed by atoms with E-state index in [1.807, 2.05) is 0 Å². The van der Waals surface area contributed by atoms with Crippen molar-refractivity contribution in [3.63, 3.8) is 0 Å². The highest BCUT2D eigenvalue weighted by Crippen LogP contribution is 2.32. The SMILES string of the molecule is CCCN(C(C)(C)C)[Si](OCC)(OCC)N(CCC)C(C)(C)C. The van der Waals surface area contributed by atoms with Crippen LogP contribution < -0.4 is 0 Å². The quantitative estimate of drug-likeness (QED) is 0.543. The molecule has 0 radical (unpaired) electrons. The molecule has 0 fully saturated rings. The summed E-state index contributed by atoms with van der Waals surface area (Å²) in [5, 5.41) is 0. The van der Waals surface area contributed by atoms with Crippen molar-refractivity contribution in [2.75, 3.05) is 26.3 Å². The first kappa shape index (κ1) is 23.1. The van der Waals surface area contributed by atoms with Gasteiger partial charge in [0.15, 0.2) is 0 Å². The monoisotopic (exact) mass is 346 g/mol. The van der Waals surface area contributed by atoms with Crippen LogP contribution in [0, 0.1) is 0 Å². The van der Waals surface area contributed by atoms with E-state index in [1.165, 1.54) is 0 Å². The van der Waals surface area contributed by atoms with Gasteiger partial charge in [0.2, 0.25) is 0 Å². The first-order valence-electron chi connectivity index (χ1n) is 9.34. The molecule has 0 aromatic carbocycles. The summed E-state index contributed by atoms with van der Waals surface area (Å²) in [5.41, 5.74) is 0.00757. The predicted molar refractivity (Wildman–Crippen MR) is 103 cm³/mol. The van der Waals surface area contributed by atoms with Gasteiger partial charge >= 0.3 is 8.88 Å². The Kier molecular flexibility index (Phi) is 9.54. The minimum Gasteiger partial charge on any atom is -0.371 e. The lowest BCUT2D eigenvalue weighted by atomic mass is 10.1. The molecule has 0 amide bonds. The van der Waals surface area contributed by atoms with E-state index in [2.05, 4.69) is 78.4 Å². The Labute approximate surface area is 146 Å². The maximum Gasteiger partial charge on any atom is 0.523 e. The van der Waals surface area contributed by atoms with Crippen molar-refractivity contribution in [3.8, 4) is 0 Å². The summed E-state index contributed by atoms with van der Waals surface area (Å²) < 4.78 is 18.1. The molecule has 0 atom stereocenters. The molecule has 23 heavy (non-hydrogen) atoms. The molecule has 0 spiro atoms. The second-order valence-corrected chi connectivity index (χ2v) is 10.8. The minimum absolute atomic E-state index is 0.00378. The first-order valence-corrected chi connectivity index (χ1v) is 11.1. The van der Waals surface area contributed by atoms with E-state index < -0.39 is 8.88 Å². The van der Waals surface area contributed by atoms with E-state index >= 15 is 0 Å². The fraction of sp³-hybridized carbons (Fsp3) is 1.00. The van der Waals surface area contributed by atoms with Gasteiger partial charge in [0.1, 0.15) is 0 Å². The molecule has 0 saturated heterocycles. The summed E-state index contributed by atoms with van der Waals surface area (Å²) in [6.07, 6.45) is 2.19. The Balaban J connectivity index is 6.21. The van der Waals surface area contributed by atoms with Gasteiger partial charge < -0.3 is 8.85 Å². The van der Waals surface area contributed by atoms with Gasteiger partial charge in [-0.15, -0.1) is 0 Å². The Morgan fingerprint density at radius 1 is 0.652 bits per heavy atom. The van der Waals surface area contributed by atoms with Crippen molar-refractivity contribution < 1.29 is 8.85 Å². The van der Waals surface area contributed by atoms with Crippen molar-refractivity contribution in [2.45, 2.75) is 93.2 Å². The summed E-state index contributed by atoms with van der Waals surface area (Å²) in [4.78, 5) is 0. The van der Waals surface area contributed by atoms with Crippen molar-refractivity contribution >= 4 is 8.88 Å². The largest absolute Gasteiger partial charge is 0.523 e. The fourth-order valence-electron chi connectivity index (χ4n) is 3.12. The molecule has 140 valence electrons. The number of nitrogens with zero attached hydrogens (tertiary/aromatic N) is 2. The number of rotatable bonds is 10. The molecule has 0 aliphatic rings. The van der Waals surface area contributed by atoms with Crippen LogP contribution in [0.15, 0.2) is 0 Å². The molecule has 0 bridgehead atoms. The highest BCUT2D eigenvalue weighted by Gasteiger charge is 2.57. The highest BCUT2D eigenvalue weighted by molar-refractivity contribution is 6.62. The van der Waals surface area contributed by atoms with Gasteiger partial charge in [0.05, 0.1) is 0 Å². The van der Waals surface area contributed by atoms with E-state index in [-0.39, 0.29) is 11.1 Å². The predicted octanol–water partition coefficient (Wildman–Crippen LogP) is 4.52. The molecule has 0 saturated carbocycles. The Morgan fingerprint density at radius 2 is 0.957 bits per heavy atom. The third-order valence-corrected chi connectivity index (χ3v) is 8.34. The summed E-state index contributed by atoms with van der Waals surface area (Å²) in [5.74, 6) is 0. The Morgan fingerprint density at radius 3 is 1.13 bits per heavy atom. The molecule has 5 heteroatoms. The lowest BCUT2D eigenvalue weighted by molar-refractivity contribution is 0.00562. The molecule has 0 N–H and O–H groups in total. The van der Waals surface area contributed by atoms with Crippen LogP contribution >= 0.6 is 0 Å². The fourth-order valence-corrected chi connectivity index (χ4v) is 7.58. The van der Waals surface area contributed by atoms with Crippen molar-refractivity contribution in [3.05, 3.63) is 0 Å². The molecule has 0 aliphatic heterocycles. The summed E-state index contributed by atoms with van der Waals surface area (Å²) in [6.45, 7) is 25.6. The molecular weight excluding hydrogens is 304 g/mol. The van der Waals surface area contributed by atoms with Crippen LogP contribution in [0.5, 0.6) is 0 Å². The second kappa shape index (κ2) is 9.52. The molecule has 0 aromatic heterocycles. The smallest absolute Gasteiger partial charge is 0.371 e. The minimum atomic E-state index is -2.70. The lowest BCUT2D eigenvalue weighted by Gasteiger charge is -2.54. The van der Waals surface area contributed by atoms with Crippen molar-refractivity contribution in [1.82, 2.24) is 9.13 Å². The molecule has 0 heterocycles. The topological polar surface area (TPSA) is 24.9 Å². The van der Waals surface area contributed by atoms with Gasteiger partial charge in [0.25, 0.3) is 0 Å². The average Bonchev–Trinajstić information content (AvgIpc) is 2.39. The van der Waals surface area contributed by atoms with Crippen LogP contribution in [-0.2, 0) is 8.85 Å². The van der Waals surface area contributed by atoms with E-state index in [0.717, 1.165) is 25.9 Å².